The number of hydrogen-bond acceptors (Lipinski definition) is 0. The fourth-order valence-corrected chi connectivity index (χ4v) is 4.97. The second-order valence-electron chi connectivity index (χ2n) is 8.64. The minimum Gasteiger partial charge on any atom is -0.207 e. The summed E-state index contributed by atoms with van der Waals surface area (Å²) in [4.78, 5) is 0. The van der Waals surface area contributed by atoms with Gasteiger partial charge in [0, 0.05) is 5.56 Å². The molecule has 0 unspecified atom stereocenters. The van der Waals surface area contributed by atoms with Crippen molar-refractivity contribution in [2.24, 2.45) is 11.8 Å². The molecule has 4 rings (SSSR count). The van der Waals surface area contributed by atoms with Crippen molar-refractivity contribution in [3.05, 3.63) is 64.7 Å². The highest BCUT2D eigenvalue weighted by Crippen LogP contribution is 2.37. The highest BCUT2D eigenvalue weighted by molar-refractivity contribution is 5.70. The van der Waals surface area contributed by atoms with Gasteiger partial charge in [0.05, 0.1) is 0 Å². The van der Waals surface area contributed by atoms with Gasteiger partial charge in [-0.25, -0.2) is 8.78 Å². The molecule has 0 spiro atoms. The largest absolute Gasteiger partial charge is 0.207 e. The molecule has 0 saturated heterocycles. The Morgan fingerprint density at radius 2 is 1.57 bits per heavy atom. The lowest BCUT2D eigenvalue weighted by Gasteiger charge is -2.28. The smallest absolute Gasteiger partial charge is 0.134 e. The van der Waals surface area contributed by atoms with Crippen molar-refractivity contribution in [2.45, 2.75) is 64.7 Å². The molecule has 28 heavy (non-hydrogen) atoms. The minimum atomic E-state index is -0.294. The summed E-state index contributed by atoms with van der Waals surface area (Å²) in [5.41, 5.74) is 4.62. The zero-order valence-corrected chi connectivity index (χ0v) is 16.8. The summed E-state index contributed by atoms with van der Waals surface area (Å²) < 4.78 is 28.3. The number of fused-ring (bicyclic) bond motifs is 1. The Balaban J connectivity index is 1.44. The summed E-state index contributed by atoms with van der Waals surface area (Å²) >= 11 is 0. The SMILES string of the molecule is CCC1CCC(CCC2=Cc3ccc(-c4ccc(F)cc4)c(F)c3CC2)CC1. The Labute approximate surface area is 167 Å². The molecule has 0 heterocycles. The quantitative estimate of drug-likeness (QED) is 0.493. The first-order valence-electron chi connectivity index (χ1n) is 10.9. The Morgan fingerprint density at radius 1 is 0.857 bits per heavy atom. The van der Waals surface area contributed by atoms with Gasteiger partial charge in [0.2, 0.25) is 0 Å². The van der Waals surface area contributed by atoms with E-state index in [0.717, 1.165) is 47.8 Å². The Kier molecular flexibility index (Phi) is 5.94. The molecule has 1 saturated carbocycles. The van der Waals surface area contributed by atoms with Crippen molar-refractivity contribution < 1.29 is 8.78 Å². The van der Waals surface area contributed by atoms with Crippen molar-refractivity contribution in [2.75, 3.05) is 0 Å². The summed E-state index contributed by atoms with van der Waals surface area (Å²) in [6.07, 6.45) is 13.3. The number of hydrogen-bond donors (Lipinski definition) is 0. The summed E-state index contributed by atoms with van der Waals surface area (Å²) in [6.45, 7) is 2.32. The summed E-state index contributed by atoms with van der Waals surface area (Å²) in [5, 5.41) is 0. The van der Waals surface area contributed by atoms with E-state index in [1.54, 1.807) is 12.1 Å². The number of halogens is 2. The zero-order valence-electron chi connectivity index (χ0n) is 16.8. The van der Waals surface area contributed by atoms with Gasteiger partial charge in [0.15, 0.2) is 0 Å². The van der Waals surface area contributed by atoms with E-state index in [9.17, 15) is 4.39 Å². The van der Waals surface area contributed by atoms with E-state index < -0.39 is 0 Å². The van der Waals surface area contributed by atoms with Crippen LogP contribution in [-0.2, 0) is 6.42 Å². The van der Waals surface area contributed by atoms with E-state index in [2.05, 4.69) is 13.0 Å². The number of benzene rings is 2. The Hall–Kier alpha value is -1.96. The fourth-order valence-electron chi connectivity index (χ4n) is 4.97. The molecule has 0 radical (unpaired) electrons. The van der Waals surface area contributed by atoms with Gasteiger partial charge < -0.3 is 0 Å². The van der Waals surface area contributed by atoms with E-state index in [0.29, 0.717) is 5.56 Å². The molecule has 2 aromatic rings. The predicted molar refractivity (Wildman–Crippen MR) is 113 cm³/mol. The first-order valence-corrected chi connectivity index (χ1v) is 10.9. The second kappa shape index (κ2) is 8.59. The van der Waals surface area contributed by atoms with Gasteiger partial charge in [0.1, 0.15) is 11.6 Å². The molecule has 0 amide bonds. The molecule has 2 aromatic carbocycles. The molecular formula is C26H30F2. The molecule has 0 aromatic heterocycles. The second-order valence-corrected chi connectivity index (χ2v) is 8.64. The van der Waals surface area contributed by atoms with Crippen LogP contribution in [-0.4, -0.2) is 0 Å². The zero-order chi connectivity index (χ0) is 19.5. The lowest BCUT2D eigenvalue weighted by molar-refractivity contribution is 0.258. The van der Waals surface area contributed by atoms with Gasteiger partial charge in [-0.05, 0) is 66.3 Å². The number of allylic oxidation sites excluding steroid dienone is 1. The average Bonchev–Trinajstić information content (AvgIpc) is 2.74. The van der Waals surface area contributed by atoms with Crippen LogP contribution < -0.4 is 0 Å². The first-order chi connectivity index (χ1) is 13.6. The topological polar surface area (TPSA) is 0 Å². The molecule has 0 atom stereocenters. The van der Waals surface area contributed by atoms with Crippen molar-refractivity contribution in [1.29, 1.82) is 0 Å². The molecule has 0 bridgehead atoms. The molecule has 148 valence electrons. The maximum Gasteiger partial charge on any atom is 0.134 e. The van der Waals surface area contributed by atoms with E-state index in [1.807, 2.05) is 12.1 Å². The Bertz CT molecular complexity index is 839. The van der Waals surface area contributed by atoms with Crippen molar-refractivity contribution >= 4 is 6.08 Å². The monoisotopic (exact) mass is 380 g/mol. The van der Waals surface area contributed by atoms with Crippen LogP contribution in [0, 0.1) is 23.5 Å². The molecule has 2 aliphatic carbocycles. The van der Waals surface area contributed by atoms with Crippen molar-refractivity contribution in [3.8, 4) is 11.1 Å². The molecule has 0 nitrogen and oxygen atoms in total. The van der Waals surface area contributed by atoms with Crippen molar-refractivity contribution in [3.63, 3.8) is 0 Å². The van der Waals surface area contributed by atoms with Crippen LogP contribution in [0.25, 0.3) is 17.2 Å². The maximum atomic E-state index is 15.1. The molecule has 2 aliphatic rings. The molecule has 0 N–H and O–H groups in total. The van der Waals surface area contributed by atoms with Gasteiger partial charge >= 0.3 is 0 Å². The molecule has 2 heteroatoms. The maximum absolute atomic E-state index is 15.1. The average molecular weight is 381 g/mol. The summed E-state index contributed by atoms with van der Waals surface area (Å²) in [6, 6.07) is 9.95. The summed E-state index contributed by atoms with van der Waals surface area (Å²) in [5.74, 6) is 1.40. The van der Waals surface area contributed by atoms with Gasteiger partial charge in [-0.1, -0.05) is 74.9 Å². The number of rotatable bonds is 5. The minimum absolute atomic E-state index is 0.141. The van der Waals surface area contributed by atoms with Gasteiger partial charge in [-0.2, -0.15) is 0 Å². The Morgan fingerprint density at radius 3 is 2.29 bits per heavy atom. The van der Waals surface area contributed by atoms with E-state index >= 15 is 4.39 Å². The highest BCUT2D eigenvalue weighted by Gasteiger charge is 2.22. The van der Waals surface area contributed by atoms with Crippen LogP contribution in [0.5, 0.6) is 0 Å². The summed E-state index contributed by atoms with van der Waals surface area (Å²) in [7, 11) is 0. The highest BCUT2D eigenvalue weighted by atomic mass is 19.1. The van der Waals surface area contributed by atoms with Crippen LogP contribution in [0.4, 0.5) is 8.78 Å². The lowest BCUT2D eigenvalue weighted by atomic mass is 9.78. The molecule has 1 fully saturated rings. The van der Waals surface area contributed by atoms with Crippen LogP contribution in [0.15, 0.2) is 42.0 Å². The lowest BCUT2D eigenvalue weighted by Crippen LogP contribution is -2.14. The fraction of sp³-hybridized carbons (Fsp3) is 0.462. The third-order valence-corrected chi connectivity index (χ3v) is 6.91. The predicted octanol–water partition coefficient (Wildman–Crippen LogP) is 7.96. The molecule has 0 aliphatic heterocycles. The normalized spacial score (nSPS) is 21.9. The van der Waals surface area contributed by atoms with E-state index in [4.69, 9.17) is 0 Å². The van der Waals surface area contributed by atoms with E-state index in [1.165, 1.54) is 56.2 Å². The first kappa shape index (κ1) is 19.4. The van der Waals surface area contributed by atoms with E-state index in [-0.39, 0.29) is 11.6 Å². The van der Waals surface area contributed by atoms with Gasteiger partial charge in [-0.15, -0.1) is 0 Å². The van der Waals surface area contributed by atoms with Crippen molar-refractivity contribution in [1.82, 2.24) is 0 Å². The van der Waals surface area contributed by atoms with Crippen LogP contribution in [0.1, 0.15) is 69.4 Å². The third-order valence-electron chi connectivity index (χ3n) is 6.91. The standard InChI is InChI=1S/C26H30F2/c1-2-18-3-5-19(6-4-18)7-8-20-9-15-25-22(17-20)12-16-24(26(25)28)21-10-13-23(27)14-11-21/h10-14,16-19H,2-9,15H2,1H3. The molecular weight excluding hydrogens is 350 g/mol. The van der Waals surface area contributed by atoms with Gasteiger partial charge in [-0.3, -0.25) is 0 Å². The van der Waals surface area contributed by atoms with Crippen LogP contribution in [0.2, 0.25) is 0 Å². The van der Waals surface area contributed by atoms with Gasteiger partial charge in [0.25, 0.3) is 0 Å². The van der Waals surface area contributed by atoms with Crippen LogP contribution in [0.3, 0.4) is 0 Å². The van der Waals surface area contributed by atoms with Crippen LogP contribution >= 0.6 is 0 Å². The third kappa shape index (κ3) is 4.21.